The van der Waals surface area contributed by atoms with Crippen LogP contribution in [0.4, 0.5) is 4.79 Å². The van der Waals surface area contributed by atoms with Crippen molar-refractivity contribution < 1.29 is 28.8 Å². The van der Waals surface area contributed by atoms with Crippen molar-refractivity contribution in [2.45, 2.75) is 32.6 Å². The third-order valence-corrected chi connectivity index (χ3v) is 3.18. The SMILES string of the molecule is C=C(C)COOCCOC(=O)NCCCC(CCCOC#N)CN=C=O. The van der Waals surface area contributed by atoms with Crippen LogP contribution in [0.2, 0.25) is 0 Å². The first-order chi connectivity index (χ1) is 12.6. The fourth-order valence-electron chi connectivity index (χ4n) is 1.98. The Bertz CT molecular complexity index is 485. The van der Waals surface area contributed by atoms with Gasteiger partial charge in [0.25, 0.3) is 6.26 Å². The highest BCUT2D eigenvalue weighted by molar-refractivity contribution is 5.66. The van der Waals surface area contributed by atoms with E-state index in [9.17, 15) is 9.59 Å². The molecular formula is C17H27N3O6. The summed E-state index contributed by atoms with van der Waals surface area (Å²) < 4.78 is 9.54. The van der Waals surface area contributed by atoms with E-state index in [4.69, 9.17) is 19.8 Å². The maximum absolute atomic E-state index is 11.5. The van der Waals surface area contributed by atoms with Crippen LogP contribution in [-0.2, 0) is 24.0 Å². The topological polar surface area (TPSA) is 119 Å². The molecule has 1 amide bonds. The maximum Gasteiger partial charge on any atom is 0.407 e. The first-order valence-electron chi connectivity index (χ1n) is 8.44. The Morgan fingerprint density at radius 2 is 2.00 bits per heavy atom. The first-order valence-corrected chi connectivity index (χ1v) is 8.44. The number of nitrogens with one attached hydrogen (secondary N) is 1. The Labute approximate surface area is 153 Å². The highest BCUT2D eigenvalue weighted by atomic mass is 17.2. The number of aliphatic imine (C=N–C) groups is 1. The lowest BCUT2D eigenvalue weighted by atomic mass is 9.98. The van der Waals surface area contributed by atoms with E-state index < -0.39 is 6.09 Å². The van der Waals surface area contributed by atoms with Crippen molar-refractivity contribution in [3.63, 3.8) is 0 Å². The van der Waals surface area contributed by atoms with Gasteiger partial charge in [-0.1, -0.05) is 12.2 Å². The highest BCUT2D eigenvalue weighted by Crippen LogP contribution is 2.14. The van der Waals surface area contributed by atoms with E-state index in [1.54, 1.807) is 6.26 Å². The molecule has 9 heteroatoms. The van der Waals surface area contributed by atoms with Crippen molar-refractivity contribution in [3.05, 3.63) is 12.2 Å². The fraction of sp³-hybridized carbons (Fsp3) is 0.706. The Morgan fingerprint density at radius 3 is 2.69 bits per heavy atom. The van der Waals surface area contributed by atoms with Crippen LogP contribution in [0.15, 0.2) is 17.1 Å². The van der Waals surface area contributed by atoms with E-state index in [0.29, 0.717) is 39.1 Å². The van der Waals surface area contributed by atoms with Gasteiger partial charge < -0.3 is 14.8 Å². The quantitative estimate of drug-likeness (QED) is 0.0842. The summed E-state index contributed by atoms with van der Waals surface area (Å²) in [6.45, 7) is 7.14. The summed E-state index contributed by atoms with van der Waals surface area (Å²) >= 11 is 0. The molecule has 9 nitrogen and oxygen atoms in total. The van der Waals surface area contributed by atoms with Gasteiger partial charge in [0.15, 0.2) is 0 Å². The minimum Gasteiger partial charge on any atom is -0.447 e. The van der Waals surface area contributed by atoms with Crippen LogP contribution < -0.4 is 5.32 Å². The van der Waals surface area contributed by atoms with Gasteiger partial charge in [-0.2, -0.15) is 5.26 Å². The second kappa shape index (κ2) is 17.4. The van der Waals surface area contributed by atoms with E-state index in [-0.39, 0.29) is 19.1 Å². The zero-order valence-electron chi connectivity index (χ0n) is 15.2. The van der Waals surface area contributed by atoms with E-state index in [1.165, 1.54) is 6.08 Å². The number of rotatable bonds is 16. The third-order valence-electron chi connectivity index (χ3n) is 3.18. The summed E-state index contributed by atoms with van der Waals surface area (Å²) in [6, 6.07) is 0. The van der Waals surface area contributed by atoms with Crippen LogP contribution in [0.3, 0.4) is 0 Å². The molecule has 0 aliphatic rings. The number of isocyanates is 1. The van der Waals surface area contributed by atoms with Gasteiger partial charge in [-0.3, -0.25) is 0 Å². The van der Waals surface area contributed by atoms with Gasteiger partial charge in [0.2, 0.25) is 6.08 Å². The van der Waals surface area contributed by atoms with Crippen molar-refractivity contribution in [3.8, 4) is 6.26 Å². The molecule has 0 radical (unpaired) electrons. The molecule has 0 heterocycles. The van der Waals surface area contributed by atoms with Crippen LogP contribution in [0.5, 0.6) is 0 Å². The number of amides is 1. The standard InChI is InChI=1S/C17H27N3O6/c1-15(2)12-26-25-10-9-24-17(22)20-7-3-5-16(11-19-14-21)6-4-8-23-13-18/h16H,1,3-12H2,2H3,(H,20,22). The van der Waals surface area contributed by atoms with Crippen LogP contribution in [0.1, 0.15) is 32.6 Å². The summed E-state index contributed by atoms with van der Waals surface area (Å²) in [5, 5.41) is 10.9. The second-order valence-electron chi connectivity index (χ2n) is 5.63. The van der Waals surface area contributed by atoms with Gasteiger partial charge in [-0.15, -0.1) is 0 Å². The molecule has 1 N–H and O–H groups in total. The molecule has 0 aromatic rings. The van der Waals surface area contributed by atoms with Gasteiger partial charge in [0.05, 0.1) is 6.54 Å². The first kappa shape index (κ1) is 23.6. The Morgan fingerprint density at radius 1 is 1.23 bits per heavy atom. The molecule has 0 bridgehead atoms. The zero-order valence-corrected chi connectivity index (χ0v) is 15.2. The fourth-order valence-corrected chi connectivity index (χ4v) is 1.98. The smallest absolute Gasteiger partial charge is 0.407 e. The van der Waals surface area contributed by atoms with Crippen LogP contribution in [0.25, 0.3) is 0 Å². The number of nitrogens with zero attached hydrogens (tertiary/aromatic N) is 2. The molecule has 146 valence electrons. The molecule has 0 saturated carbocycles. The number of hydrogen-bond acceptors (Lipinski definition) is 8. The largest absolute Gasteiger partial charge is 0.447 e. The molecule has 0 fully saturated rings. The summed E-state index contributed by atoms with van der Waals surface area (Å²) in [6.07, 6.45) is 5.58. The van der Waals surface area contributed by atoms with E-state index in [2.05, 4.69) is 21.6 Å². The third kappa shape index (κ3) is 16.5. The minimum absolute atomic E-state index is 0.0809. The molecule has 1 unspecified atom stereocenters. The number of carbonyl (C=O) groups is 1. The average molecular weight is 369 g/mol. The van der Waals surface area contributed by atoms with Crippen molar-refractivity contribution in [1.29, 1.82) is 5.26 Å². The highest BCUT2D eigenvalue weighted by Gasteiger charge is 2.09. The lowest BCUT2D eigenvalue weighted by Crippen LogP contribution is -2.27. The van der Waals surface area contributed by atoms with Crippen molar-refractivity contribution in [2.75, 3.05) is 39.5 Å². The maximum atomic E-state index is 11.5. The zero-order chi connectivity index (χ0) is 19.5. The van der Waals surface area contributed by atoms with E-state index >= 15 is 0 Å². The van der Waals surface area contributed by atoms with Gasteiger partial charge in [0, 0.05) is 6.54 Å². The molecule has 0 saturated heterocycles. The molecule has 26 heavy (non-hydrogen) atoms. The number of carbonyl (C=O) groups excluding carboxylic acids is 2. The Balaban J connectivity index is 3.73. The predicted molar refractivity (Wildman–Crippen MR) is 92.6 cm³/mol. The molecule has 1 atom stereocenters. The predicted octanol–water partition coefficient (Wildman–Crippen LogP) is 2.25. The lowest BCUT2D eigenvalue weighted by molar-refractivity contribution is -0.290. The lowest BCUT2D eigenvalue weighted by Gasteiger charge is -2.13. The van der Waals surface area contributed by atoms with Crippen molar-refractivity contribution >= 4 is 12.2 Å². The van der Waals surface area contributed by atoms with Crippen molar-refractivity contribution in [1.82, 2.24) is 5.32 Å². The molecule has 0 aliphatic carbocycles. The van der Waals surface area contributed by atoms with Gasteiger partial charge in [-0.25, -0.2) is 24.4 Å². The van der Waals surface area contributed by atoms with E-state index in [0.717, 1.165) is 18.4 Å². The summed E-state index contributed by atoms with van der Waals surface area (Å²) in [5.74, 6) is 0.176. The molecule has 0 rings (SSSR count). The van der Waals surface area contributed by atoms with Crippen LogP contribution >= 0.6 is 0 Å². The second-order valence-corrected chi connectivity index (χ2v) is 5.63. The van der Waals surface area contributed by atoms with Crippen LogP contribution in [-0.4, -0.2) is 51.7 Å². The number of hydrogen-bond donors (Lipinski definition) is 1. The summed E-state index contributed by atoms with van der Waals surface area (Å²) in [4.78, 5) is 35.0. The van der Waals surface area contributed by atoms with Gasteiger partial charge in [-0.05, 0) is 38.5 Å². The molecule has 0 aliphatic heterocycles. The summed E-state index contributed by atoms with van der Waals surface area (Å²) in [5.41, 5.74) is 0.832. The van der Waals surface area contributed by atoms with E-state index in [1.807, 2.05) is 6.92 Å². The monoisotopic (exact) mass is 369 g/mol. The Hall–Kier alpha value is -2.40. The van der Waals surface area contributed by atoms with Crippen molar-refractivity contribution in [2.24, 2.45) is 10.9 Å². The van der Waals surface area contributed by atoms with Gasteiger partial charge >= 0.3 is 6.09 Å². The molecule has 0 aromatic carbocycles. The number of nitriles is 1. The molecular weight excluding hydrogens is 342 g/mol. The minimum atomic E-state index is -0.529. The van der Waals surface area contributed by atoms with Gasteiger partial charge in [0.1, 0.15) is 26.4 Å². The Kier molecular flexibility index (Phi) is 15.8. The van der Waals surface area contributed by atoms with Crippen LogP contribution in [0, 0.1) is 17.4 Å². The molecule has 0 aromatic heterocycles. The summed E-state index contributed by atoms with van der Waals surface area (Å²) in [7, 11) is 0. The normalized spacial score (nSPS) is 10.9. The average Bonchev–Trinajstić information content (AvgIpc) is 2.62. The number of alkyl carbamates (subject to hydrolysis) is 1. The molecule has 0 spiro atoms. The number of ether oxygens (including phenoxy) is 2.